The van der Waals surface area contributed by atoms with Gasteiger partial charge in [0.2, 0.25) is 11.7 Å². The van der Waals surface area contributed by atoms with Crippen LogP contribution in [0.1, 0.15) is 19.8 Å². The molecule has 0 N–H and O–H groups in total. The van der Waals surface area contributed by atoms with E-state index in [1.807, 2.05) is 0 Å². The van der Waals surface area contributed by atoms with Crippen LogP contribution < -0.4 is 5.76 Å². The average Bonchev–Trinajstić information content (AvgIpc) is 2.89. The summed E-state index contributed by atoms with van der Waals surface area (Å²) in [5, 5.41) is 3.68. The van der Waals surface area contributed by atoms with E-state index in [9.17, 15) is 9.59 Å². The number of likely N-dealkylation sites (tertiary alicyclic amines) is 1. The Morgan fingerprint density at radius 3 is 2.91 bits per heavy atom. The van der Waals surface area contributed by atoms with Gasteiger partial charge in [-0.3, -0.25) is 9.32 Å². The predicted molar refractivity (Wildman–Crippen MR) is 76.8 cm³/mol. The van der Waals surface area contributed by atoms with Gasteiger partial charge < -0.3 is 4.90 Å². The zero-order valence-corrected chi connectivity index (χ0v) is 12.3. The van der Waals surface area contributed by atoms with Gasteiger partial charge in [-0.25, -0.2) is 19.3 Å². The highest BCUT2D eigenvalue weighted by Crippen LogP contribution is 2.16. The molecule has 2 aromatic heterocycles. The summed E-state index contributed by atoms with van der Waals surface area (Å²) in [7, 11) is 0. The van der Waals surface area contributed by atoms with Crippen LogP contribution in [-0.4, -0.2) is 43.6 Å². The Morgan fingerprint density at radius 2 is 2.18 bits per heavy atom. The van der Waals surface area contributed by atoms with Crippen molar-refractivity contribution in [1.82, 2.24) is 24.6 Å². The van der Waals surface area contributed by atoms with Gasteiger partial charge in [0.15, 0.2) is 5.82 Å². The first kappa shape index (κ1) is 14.4. The molecular weight excluding hydrogens is 286 g/mol. The number of aromatic nitrogens is 4. The summed E-state index contributed by atoms with van der Waals surface area (Å²) in [6.07, 6.45) is 5.19. The standard InChI is InChI=1S/C14H17N5O3/c1-10-4-2-7-18(8-10)11(20)9-19-13(17-22-14(19)21)12-15-5-3-6-16-12/h3,5-6,10H,2,4,7-9H2,1H3/t10-/m0/s1. The number of rotatable bonds is 3. The van der Waals surface area contributed by atoms with Crippen molar-refractivity contribution in [3.05, 3.63) is 29.0 Å². The van der Waals surface area contributed by atoms with Crippen LogP contribution in [0.2, 0.25) is 0 Å². The summed E-state index contributed by atoms with van der Waals surface area (Å²) < 4.78 is 5.84. The second-order valence-electron chi connectivity index (χ2n) is 5.52. The van der Waals surface area contributed by atoms with Gasteiger partial charge in [0.25, 0.3) is 0 Å². The molecule has 0 radical (unpaired) electrons. The molecule has 0 aliphatic carbocycles. The first-order valence-electron chi connectivity index (χ1n) is 7.27. The Labute approximate surface area is 126 Å². The molecule has 0 aromatic carbocycles. The highest BCUT2D eigenvalue weighted by Gasteiger charge is 2.24. The zero-order valence-electron chi connectivity index (χ0n) is 12.3. The van der Waals surface area contributed by atoms with Crippen molar-refractivity contribution in [2.24, 2.45) is 5.92 Å². The normalized spacial score (nSPS) is 18.4. The van der Waals surface area contributed by atoms with E-state index in [4.69, 9.17) is 0 Å². The highest BCUT2D eigenvalue weighted by atomic mass is 16.5. The number of amides is 1. The Kier molecular flexibility index (Phi) is 3.99. The molecule has 1 saturated heterocycles. The zero-order chi connectivity index (χ0) is 15.5. The van der Waals surface area contributed by atoms with Gasteiger partial charge in [-0.15, -0.1) is 0 Å². The van der Waals surface area contributed by atoms with Crippen LogP contribution >= 0.6 is 0 Å². The molecule has 1 aliphatic heterocycles. The van der Waals surface area contributed by atoms with E-state index in [0.717, 1.165) is 25.9 Å². The van der Waals surface area contributed by atoms with Gasteiger partial charge in [-0.1, -0.05) is 12.1 Å². The van der Waals surface area contributed by atoms with E-state index < -0.39 is 5.76 Å². The fraction of sp³-hybridized carbons (Fsp3) is 0.500. The van der Waals surface area contributed by atoms with Crippen molar-refractivity contribution < 1.29 is 9.32 Å². The van der Waals surface area contributed by atoms with Crippen molar-refractivity contribution in [3.8, 4) is 11.6 Å². The molecule has 1 aliphatic rings. The fourth-order valence-corrected chi connectivity index (χ4v) is 2.63. The number of hydrogen-bond donors (Lipinski definition) is 0. The summed E-state index contributed by atoms with van der Waals surface area (Å²) >= 11 is 0. The molecule has 1 amide bonds. The molecule has 8 nitrogen and oxygen atoms in total. The topological polar surface area (TPSA) is 94.1 Å². The molecule has 3 rings (SSSR count). The Morgan fingerprint density at radius 1 is 1.41 bits per heavy atom. The van der Waals surface area contributed by atoms with Gasteiger partial charge in [0.1, 0.15) is 6.54 Å². The van der Waals surface area contributed by atoms with E-state index in [1.54, 1.807) is 23.4 Å². The van der Waals surface area contributed by atoms with Gasteiger partial charge in [-0.2, -0.15) is 0 Å². The van der Waals surface area contributed by atoms with Gasteiger partial charge in [0, 0.05) is 25.5 Å². The van der Waals surface area contributed by atoms with Crippen LogP contribution in [0.5, 0.6) is 0 Å². The molecule has 1 atom stereocenters. The van der Waals surface area contributed by atoms with Gasteiger partial charge >= 0.3 is 5.76 Å². The van der Waals surface area contributed by atoms with E-state index in [-0.39, 0.29) is 24.1 Å². The Balaban J connectivity index is 1.82. The lowest BCUT2D eigenvalue weighted by Crippen LogP contribution is -2.41. The predicted octanol–water partition coefficient (Wildman–Crippen LogP) is 0.552. The second-order valence-corrected chi connectivity index (χ2v) is 5.52. The Bertz CT molecular complexity index is 709. The lowest BCUT2D eigenvalue weighted by atomic mass is 10.0. The molecule has 0 saturated carbocycles. The van der Waals surface area contributed by atoms with Crippen LogP contribution in [0, 0.1) is 5.92 Å². The van der Waals surface area contributed by atoms with E-state index in [1.165, 1.54) is 4.57 Å². The molecule has 0 spiro atoms. The fourth-order valence-electron chi connectivity index (χ4n) is 2.63. The van der Waals surface area contributed by atoms with E-state index in [2.05, 4.69) is 26.6 Å². The maximum atomic E-state index is 12.4. The molecule has 116 valence electrons. The van der Waals surface area contributed by atoms with Crippen LogP contribution in [0.3, 0.4) is 0 Å². The molecule has 3 heterocycles. The van der Waals surface area contributed by atoms with Gasteiger partial charge in [-0.05, 0) is 24.8 Å². The largest absolute Gasteiger partial charge is 0.442 e. The Hall–Kier alpha value is -2.51. The van der Waals surface area contributed by atoms with Crippen LogP contribution in [0.4, 0.5) is 0 Å². The lowest BCUT2D eigenvalue weighted by molar-refractivity contribution is -0.133. The number of carbonyl (C=O) groups is 1. The molecule has 8 heteroatoms. The summed E-state index contributed by atoms with van der Waals surface area (Å²) in [5.41, 5.74) is 0. The summed E-state index contributed by atoms with van der Waals surface area (Å²) in [6.45, 7) is 3.45. The quantitative estimate of drug-likeness (QED) is 0.822. The number of nitrogens with zero attached hydrogens (tertiary/aromatic N) is 5. The van der Waals surface area contributed by atoms with Crippen molar-refractivity contribution in [2.45, 2.75) is 26.3 Å². The third kappa shape index (κ3) is 2.90. The van der Waals surface area contributed by atoms with Crippen molar-refractivity contribution in [1.29, 1.82) is 0 Å². The monoisotopic (exact) mass is 303 g/mol. The SMILES string of the molecule is C[C@H]1CCCN(C(=O)Cn2c(-c3ncccn3)noc2=O)C1. The van der Waals surface area contributed by atoms with Crippen molar-refractivity contribution in [3.63, 3.8) is 0 Å². The highest BCUT2D eigenvalue weighted by molar-refractivity contribution is 5.76. The minimum Gasteiger partial charge on any atom is -0.341 e. The summed E-state index contributed by atoms with van der Waals surface area (Å²) in [5.74, 6) is 0.112. The lowest BCUT2D eigenvalue weighted by Gasteiger charge is -2.30. The number of piperidine rings is 1. The van der Waals surface area contributed by atoms with E-state index in [0.29, 0.717) is 5.92 Å². The van der Waals surface area contributed by atoms with Crippen molar-refractivity contribution in [2.75, 3.05) is 13.1 Å². The number of hydrogen-bond acceptors (Lipinski definition) is 6. The first-order chi connectivity index (χ1) is 10.6. The van der Waals surface area contributed by atoms with Crippen molar-refractivity contribution >= 4 is 5.91 Å². The molecule has 0 unspecified atom stereocenters. The first-order valence-corrected chi connectivity index (χ1v) is 7.27. The molecular formula is C14H17N5O3. The summed E-state index contributed by atoms with van der Waals surface area (Å²) in [6, 6.07) is 1.66. The third-order valence-corrected chi connectivity index (χ3v) is 3.76. The van der Waals surface area contributed by atoms with Crippen LogP contribution in [0.15, 0.2) is 27.8 Å². The second kappa shape index (κ2) is 6.08. The third-order valence-electron chi connectivity index (χ3n) is 3.76. The molecule has 0 bridgehead atoms. The smallest absolute Gasteiger partial charge is 0.341 e. The molecule has 1 fully saturated rings. The average molecular weight is 303 g/mol. The number of carbonyl (C=O) groups excluding carboxylic acids is 1. The molecule has 22 heavy (non-hydrogen) atoms. The summed E-state index contributed by atoms with van der Waals surface area (Å²) in [4.78, 5) is 34.1. The maximum absolute atomic E-state index is 12.4. The van der Waals surface area contributed by atoms with Crippen LogP contribution in [-0.2, 0) is 11.3 Å². The minimum atomic E-state index is -0.680. The molecule has 2 aromatic rings. The van der Waals surface area contributed by atoms with Crippen LogP contribution in [0.25, 0.3) is 11.6 Å². The minimum absolute atomic E-state index is 0.108. The van der Waals surface area contributed by atoms with E-state index >= 15 is 0 Å². The maximum Gasteiger partial charge on any atom is 0.442 e. The van der Waals surface area contributed by atoms with Gasteiger partial charge in [0.05, 0.1) is 0 Å².